The second-order valence-corrected chi connectivity index (χ2v) is 4.58. The summed E-state index contributed by atoms with van der Waals surface area (Å²) in [6.07, 6.45) is 0.179. The van der Waals surface area contributed by atoms with Crippen molar-refractivity contribution in [3.05, 3.63) is 11.8 Å². The highest BCUT2D eigenvalue weighted by Gasteiger charge is 2.22. The Morgan fingerprint density at radius 3 is 3.11 bits per heavy atom. The van der Waals surface area contributed by atoms with Crippen molar-refractivity contribution >= 4 is 5.95 Å². The van der Waals surface area contributed by atoms with Crippen molar-refractivity contribution in [2.24, 2.45) is 0 Å². The van der Waals surface area contributed by atoms with E-state index >= 15 is 0 Å². The lowest BCUT2D eigenvalue weighted by atomic mass is 10.3. The topological polar surface area (TPSA) is 59.5 Å². The molecule has 106 valence electrons. The van der Waals surface area contributed by atoms with Gasteiger partial charge in [-0.1, -0.05) is 0 Å². The number of rotatable bonds is 5. The highest BCUT2D eigenvalue weighted by Crippen LogP contribution is 2.18. The van der Waals surface area contributed by atoms with Gasteiger partial charge in [0, 0.05) is 31.4 Å². The average Bonchev–Trinajstić information content (AvgIpc) is 2.39. The molecule has 1 aromatic heterocycles. The number of anilines is 1. The van der Waals surface area contributed by atoms with Crippen LogP contribution in [-0.2, 0) is 4.74 Å². The molecule has 0 aliphatic carbocycles. The first-order chi connectivity index (χ1) is 9.22. The zero-order chi connectivity index (χ0) is 13.7. The molecule has 0 spiro atoms. The third-order valence-corrected chi connectivity index (χ3v) is 2.96. The van der Waals surface area contributed by atoms with Gasteiger partial charge in [-0.25, -0.2) is 4.98 Å². The van der Waals surface area contributed by atoms with Gasteiger partial charge in [-0.15, -0.1) is 0 Å². The molecule has 1 atom stereocenters. The van der Waals surface area contributed by atoms with Crippen LogP contribution in [0.4, 0.5) is 5.95 Å². The van der Waals surface area contributed by atoms with E-state index in [0.29, 0.717) is 19.1 Å². The van der Waals surface area contributed by atoms with Gasteiger partial charge in [0.15, 0.2) is 0 Å². The number of nitrogens with one attached hydrogen (secondary N) is 1. The van der Waals surface area contributed by atoms with E-state index in [0.717, 1.165) is 31.3 Å². The Balaban J connectivity index is 2.11. The molecule has 0 bridgehead atoms. The standard InChI is InChI=1S/C13H22N4O2/c1-4-18-12-7-10(2)15-13(16-12)17-5-6-19-11(9-17)8-14-3/h7,11,14H,4-6,8-9H2,1-3H3. The number of ether oxygens (including phenoxy) is 2. The van der Waals surface area contributed by atoms with Crippen LogP contribution >= 0.6 is 0 Å². The summed E-state index contributed by atoms with van der Waals surface area (Å²) in [4.78, 5) is 11.1. The van der Waals surface area contributed by atoms with Crippen molar-refractivity contribution in [1.82, 2.24) is 15.3 Å². The van der Waals surface area contributed by atoms with Crippen molar-refractivity contribution < 1.29 is 9.47 Å². The van der Waals surface area contributed by atoms with Crippen LogP contribution in [-0.4, -0.2) is 56.0 Å². The predicted molar refractivity (Wildman–Crippen MR) is 73.8 cm³/mol. The number of nitrogens with zero attached hydrogens (tertiary/aromatic N) is 3. The number of aromatic nitrogens is 2. The quantitative estimate of drug-likeness (QED) is 0.842. The maximum Gasteiger partial charge on any atom is 0.229 e. The molecule has 6 nitrogen and oxygen atoms in total. The van der Waals surface area contributed by atoms with E-state index in [1.54, 1.807) is 0 Å². The van der Waals surface area contributed by atoms with Crippen LogP contribution in [0.2, 0.25) is 0 Å². The van der Waals surface area contributed by atoms with Crippen molar-refractivity contribution in [3.8, 4) is 5.88 Å². The first-order valence-corrected chi connectivity index (χ1v) is 6.72. The summed E-state index contributed by atoms with van der Waals surface area (Å²) in [7, 11) is 1.93. The molecule has 1 N–H and O–H groups in total. The minimum atomic E-state index is 0.179. The Morgan fingerprint density at radius 1 is 1.53 bits per heavy atom. The number of morpholine rings is 1. The minimum Gasteiger partial charge on any atom is -0.478 e. The Kier molecular flexibility index (Phi) is 4.93. The van der Waals surface area contributed by atoms with E-state index in [1.807, 2.05) is 27.0 Å². The largest absolute Gasteiger partial charge is 0.478 e. The van der Waals surface area contributed by atoms with Gasteiger partial charge in [0.25, 0.3) is 0 Å². The van der Waals surface area contributed by atoms with E-state index in [4.69, 9.17) is 9.47 Å². The summed E-state index contributed by atoms with van der Waals surface area (Å²) in [6.45, 7) is 7.68. The van der Waals surface area contributed by atoms with Gasteiger partial charge in [0.05, 0.1) is 19.3 Å². The second-order valence-electron chi connectivity index (χ2n) is 4.58. The summed E-state index contributed by atoms with van der Waals surface area (Å²) >= 11 is 0. The summed E-state index contributed by atoms with van der Waals surface area (Å²) in [5.41, 5.74) is 0.921. The molecule has 0 saturated carbocycles. The highest BCUT2D eigenvalue weighted by atomic mass is 16.5. The zero-order valence-corrected chi connectivity index (χ0v) is 11.8. The molecule has 2 rings (SSSR count). The molecule has 19 heavy (non-hydrogen) atoms. The lowest BCUT2D eigenvalue weighted by Gasteiger charge is -2.33. The third-order valence-electron chi connectivity index (χ3n) is 2.96. The molecule has 1 saturated heterocycles. The fraction of sp³-hybridized carbons (Fsp3) is 0.692. The molecule has 1 aromatic rings. The molecule has 0 radical (unpaired) electrons. The molecule has 0 aromatic carbocycles. The van der Waals surface area contributed by atoms with Crippen LogP contribution < -0.4 is 15.0 Å². The van der Waals surface area contributed by atoms with Crippen LogP contribution in [0.3, 0.4) is 0 Å². The predicted octanol–water partition coefficient (Wildman–Crippen LogP) is 0.608. The van der Waals surface area contributed by atoms with Gasteiger partial charge in [-0.3, -0.25) is 0 Å². The van der Waals surface area contributed by atoms with Crippen LogP contribution in [0, 0.1) is 6.92 Å². The van der Waals surface area contributed by atoms with E-state index in [9.17, 15) is 0 Å². The molecule has 1 unspecified atom stereocenters. The molecular formula is C13H22N4O2. The summed E-state index contributed by atoms with van der Waals surface area (Å²) < 4.78 is 11.2. The van der Waals surface area contributed by atoms with E-state index in [2.05, 4.69) is 20.2 Å². The Bertz CT molecular complexity index is 412. The number of hydrogen-bond donors (Lipinski definition) is 1. The van der Waals surface area contributed by atoms with E-state index < -0.39 is 0 Å². The minimum absolute atomic E-state index is 0.179. The number of hydrogen-bond acceptors (Lipinski definition) is 6. The Morgan fingerprint density at radius 2 is 2.37 bits per heavy atom. The Labute approximate surface area is 114 Å². The number of aryl methyl sites for hydroxylation is 1. The normalized spacial score (nSPS) is 19.5. The van der Waals surface area contributed by atoms with Gasteiger partial charge in [-0.05, 0) is 20.9 Å². The summed E-state index contributed by atoms with van der Waals surface area (Å²) in [6, 6.07) is 1.86. The molecule has 1 aliphatic rings. The van der Waals surface area contributed by atoms with Crippen molar-refractivity contribution in [2.45, 2.75) is 20.0 Å². The van der Waals surface area contributed by atoms with E-state index in [-0.39, 0.29) is 6.10 Å². The maximum absolute atomic E-state index is 5.69. The highest BCUT2D eigenvalue weighted by molar-refractivity contribution is 5.35. The van der Waals surface area contributed by atoms with Gasteiger partial charge in [0.2, 0.25) is 11.8 Å². The van der Waals surface area contributed by atoms with E-state index in [1.165, 1.54) is 0 Å². The van der Waals surface area contributed by atoms with Gasteiger partial charge in [0.1, 0.15) is 0 Å². The average molecular weight is 266 g/mol. The zero-order valence-electron chi connectivity index (χ0n) is 11.8. The lowest BCUT2D eigenvalue weighted by molar-refractivity contribution is 0.0415. The molecular weight excluding hydrogens is 244 g/mol. The Hall–Kier alpha value is -1.40. The third kappa shape index (κ3) is 3.78. The SMILES string of the molecule is CCOc1cc(C)nc(N2CCOC(CNC)C2)n1. The fourth-order valence-electron chi connectivity index (χ4n) is 2.14. The van der Waals surface area contributed by atoms with Crippen LogP contribution in [0.15, 0.2) is 6.07 Å². The van der Waals surface area contributed by atoms with Crippen molar-refractivity contribution in [1.29, 1.82) is 0 Å². The van der Waals surface area contributed by atoms with Crippen LogP contribution in [0.1, 0.15) is 12.6 Å². The fourth-order valence-corrected chi connectivity index (χ4v) is 2.14. The van der Waals surface area contributed by atoms with Crippen LogP contribution in [0.25, 0.3) is 0 Å². The van der Waals surface area contributed by atoms with Gasteiger partial charge in [-0.2, -0.15) is 4.98 Å². The summed E-state index contributed by atoms with van der Waals surface area (Å²) in [5.74, 6) is 1.37. The van der Waals surface area contributed by atoms with Gasteiger partial charge >= 0.3 is 0 Å². The molecule has 2 heterocycles. The molecule has 0 amide bonds. The maximum atomic E-state index is 5.69. The molecule has 1 aliphatic heterocycles. The monoisotopic (exact) mass is 266 g/mol. The smallest absolute Gasteiger partial charge is 0.229 e. The molecule has 6 heteroatoms. The van der Waals surface area contributed by atoms with Gasteiger partial charge < -0.3 is 19.7 Å². The van der Waals surface area contributed by atoms with Crippen molar-refractivity contribution in [2.75, 3.05) is 44.8 Å². The number of likely N-dealkylation sites (N-methyl/N-ethyl adjacent to an activating group) is 1. The molecule has 1 fully saturated rings. The second kappa shape index (κ2) is 6.68. The first-order valence-electron chi connectivity index (χ1n) is 6.72. The first kappa shape index (κ1) is 14.0. The lowest BCUT2D eigenvalue weighted by Crippen LogP contribution is -2.46. The summed E-state index contributed by atoms with van der Waals surface area (Å²) in [5, 5.41) is 3.14. The van der Waals surface area contributed by atoms with Crippen molar-refractivity contribution in [3.63, 3.8) is 0 Å². The van der Waals surface area contributed by atoms with Crippen LogP contribution in [0.5, 0.6) is 5.88 Å².